The number of anilines is 1. The van der Waals surface area contributed by atoms with Gasteiger partial charge in [-0.1, -0.05) is 29.5 Å². The first kappa shape index (κ1) is 23.3. The Balaban J connectivity index is 1.32. The zero-order valence-electron chi connectivity index (χ0n) is 17.9. The van der Waals surface area contributed by atoms with Gasteiger partial charge in [0.1, 0.15) is 16.6 Å². The number of hydrogen-bond donors (Lipinski definition) is 1. The number of carbonyl (C=O) groups is 1. The van der Waals surface area contributed by atoms with Crippen LogP contribution in [0.5, 0.6) is 5.75 Å². The van der Waals surface area contributed by atoms with Crippen molar-refractivity contribution < 1.29 is 22.3 Å². The van der Waals surface area contributed by atoms with Crippen molar-refractivity contribution in [3.63, 3.8) is 0 Å². The zero-order chi connectivity index (χ0) is 23.4. The lowest BCUT2D eigenvalue weighted by molar-refractivity contribution is -0.120. The standard InChI is InChI=1S/C22H23FN4O4S2/c1-31-18-8-6-16(7-9-18)21-25-26-22(32-21)24-20(28)15-10-12-27(13-11-15)33(29,30)14-17-4-2-3-5-19(17)23/h2-9,15H,10-14H2,1H3,(H,24,26,28). The summed E-state index contributed by atoms with van der Waals surface area (Å²) in [5.74, 6) is -0.743. The molecular weight excluding hydrogens is 467 g/mol. The number of benzene rings is 2. The van der Waals surface area contributed by atoms with Crippen molar-refractivity contribution in [1.29, 1.82) is 0 Å². The number of piperidine rings is 1. The molecule has 2 aromatic carbocycles. The molecule has 3 aromatic rings. The van der Waals surface area contributed by atoms with Gasteiger partial charge in [0.25, 0.3) is 0 Å². The third kappa shape index (κ3) is 5.55. The highest BCUT2D eigenvalue weighted by molar-refractivity contribution is 7.88. The van der Waals surface area contributed by atoms with Crippen molar-refractivity contribution in [2.75, 3.05) is 25.5 Å². The van der Waals surface area contributed by atoms with Gasteiger partial charge in [-0.2, -0.15) is 0 Å². The Kier molecular flexibility index (Phi) is 7.01. The minimum Gasteiger partial charge on any atom is -0.497 e. The molecule has 174 valence electrons. The Hall–Kier alpha value is -2.89. The van der Waals surface area contributed by atoms with Crippen molar-refractivity contribution in [2.45, 2.75) is 18.6 Å². The highest BCUT2D eigenvalue weighted by atomic mass is 32.2. The maximum Gasteiger partial charge on any atom is 0.229 e. The van der Waals surface area contributed by atoms with Crippen molar-refractivity contribution >= 4 is 32.4 Å². The second-order valence-corrected chi connectivity index (χ2v) is 10.6. The topological polar surface area (TPSA) is 101 Å². The summed E-state index contributed by atoms with van der Waals surface area (Å²) in [6.07, 6.45) is 0.763. The van der Waals surface area contributed by atoms with Crippen LogP contribution in [0.2, 0.25) is 0 Å². The predicted octanol–water partition coefficient (Wildman–Crippen LogP) is 3.53. The summed E-state index contributed by atoms with van der Waals surface area (Å²) in [4.78, 5) is 12.7. The summed E-state index contributed by atoms with van der Waals surface area (Å²) in [5, 5.41) is 12.0. The van der Waals surface area contributed by atoms with E-state index in [-0.39, 0.29) is 30.5 Å². The highest BCUT2D eigenvalue weighted by Gasteiger charge is 2.32. The molecule has 33 heavy (non-hydrogen) atoms. The molecule has 1 fully saturated rings. The van der Waals surface area contributed by atoms with Gasteiger partial charge in [0.2, 0.25) is 21.1 Å². The van der Waals surface area contributed by atoms with Gasteiger partial charge in [0.15, 0.2) is 0 Å². The molecule has 1 amide bonds. The zero-order valence-corrected chi connectivity index (χ0v) is 19.5. The molecule has 8 nitrogen and oxygen atoms in total. The van der Waals surface area contributed by atoms with Crippen LogP contribution in [0.4, 0.5) is 9.52 Å². The molecule has 1 aromatic heterocycles. The number of sulfonamides is 1. The van der Waals surface area contributed by atoms with Gasteiger partial charge < -0.3 is 10.1 Å². The lowest BCUT2D eigenvalue weighted by atomic mass is 9.97. The van der Waals surface area contributed by atoms with Gasteiger partial charge in [-0.3, -0.25) is 4.79 Å². The fraction of sp³-hybridized carbons (Fsp3) is 0.318. The molecule has 0 saturated carbocycles. The first-order valence-electron chi connectivity index (χ1n) is 10.4. The molecule has 0 aliphatic carbocycles. The Morgan fingerprint density at radius 2 is 1.85 bits per heavy atom. The largest absolute Gasteiger partial charge is 0.497 e. The van der Waals surface area contributed by atoms with Crippen LogP contribution >= 0.6 is 11.3 Å². The molecule has 0 atom stereocenters. The minimum absolute atomic E-state index is 0.140. The maximum absolute atomic E-state index is 13.9. The van der Waals surface area contributed by atoms with Crippen LogP contribution in [0.1, 0.15) is 18.4 Å². The third-order valence-electron chi connectivity index (χ3n) is 5.51. The average Bonchev–Trinajstić information content (AvgIpc) is 3.29. The fourth-order valence-electron chi connectivity index (χ4n) is 3.63. The van der Waals surface area contributed by atoms with E-state index in [1.165, 1.54) is 33.8 Å². The van der Waals surface area contributed by atoms with Crippen LogP contribution < -0.4 is 10.1 Å². The molecule has 1 N–H and O–H groups in total. The third-order valence-corrected chi connectivity index (χ3v) is 8.22. The Bertz CT molecular complexity index is 1220. The van der Waals surface area contributed by atoms with Gasteiger partial charge in [0.05, 0.1) is 12.9 Å². The van der Waals surface area contributed by atoms with Gasteiger partial charge >= 0.3 is 0 Å². The van der Waals surface area contributed by atoms with E-state index >= 15 is 0 Å². The number of amides is 1. The van der Waals surface area contributed by atoms with E-state index in [2.05, 4.69) is 15.5 Å². The number of hydrogen-bond acceptors (Lipinski definition) is 7. The second-order valence-electron chi connectivity index (χ2n) is 7.65. The molecule has 4 rings (SSSR count). The first-order chi connectivity index (χ1) is 15.9. The smallest absolute Gasteiger partial charge is 0.229 e. The molecule has 0 radical (unpaired) electrons. The van der Waals surface area contributed by atoms with E-state index in [1.54, 1.807) is 13.2 Å². The van der Waals surface area contributed by atoms with Crippen molar-refractivity contribution in [1.82, 2.24) is 14.5 Å². The summed E-state index contributed by atoms with van der Waals surface area (Å²) in [7, 11) is -2.07. The lowest BCUT2D eigenvalue weighted by Gasteiger charge is -2.30. The van der Waals surface area contributed by atoms with Crippen LogP contribution in [0, 0.1) is 11.7 Å². The lowest BCUT2D eigenvalue weighted by Crippen LogP contribution is -2.42. The second kappa shape index (κ2) is 9.94. The van der Waals surface area contributed by atoms with E-state index in [0.29, 0.717) is 23.0 Å². The molecule has 1 saturated heterocycles. The van der Waals surface area contributed by atoms with E-state index in [0.717, 1.165) is 11.3 Å². The number of halogens is 1. The van der Waals surface area contributed by atoms with Crippen molar-refractivity contribution in [3.05, 3.63) is 59.9 Å². The summed E-state index contributed by atoms with van der Waals surface area (Å²) in [6.45, 7) is 0.421. The number of aromatic nitrogens is 2. The fourth-order valence-corrected chi connectivity index (χ4v) is 5.96. The quantitative estimate of drug-likeness (QED) is 0.544. The van der Waals surface area contributed by atoms with Gasteiger partial charge in [0, 0.05) is 30.1 Å². The molecule has 0 spiro atoms. The molecule has 0 unspecified atom stereocenters. The van der Waals surface area contributed by atoms with Gasteiger partial charge in [-0.05, 0) is 43.2 Å². The molecule has 1 aliphatic rings. The van der Waals surface area contributed by atoms with Crippen LogP contribution in [0.15, 0.2) is 48.5 Å². The number of ether oxygens (including phenoxy) is 1. The summed E-state index contributed by atoms with van der Waals surface area (Å²) in [5.41, 5.74) is 1.00. The number of carbonyl (C=O) groups excluding carboxylic acids is 1. The predicted molar refractivity (Wildman–Crippen MR) is 124 cm³/mol. The SMILES string of the molecule is COc1ccc(-c2nnc(NC(=O)C3CCN(S(=O)(=O)Cc4ccccc4F)CC3)s2)cc1. The molecule has 0 bridgehead atoms. The van der Waals surface area contributed by atoms with E-state index in [4.69, 9.17) is 4.74 Å². The Morgan fingerprint density at radius 1 is 1.15 bits per heavy atom. The van der Waals surface area contributed by atoms with Crippen LogP contribution in [0.3, 0.4) is 0 Å². The average molecular weight is 491 g/mol. The number of nitrogens with zero attached hydrogens (tertiary/aromatic N) is 3. The molecular formula is C22H23FN4O4S2. The Morgan fingerprint density at radius 3 is 2.52 bits per heavy atom. The summed E-state index contributed by atoms with van der Waals surface area (Å²) in [6, 6.07) is 13.2. The number of nitrogens with one attached hydrogen (secondary N) is 1. The number of methoxy groups -OCH3 is 1. The number of rotatable bonds is 7. The van der Waals surface area contributed by atoms with Crippen molar-refractivity contribution in [3.8, 4) is 16.3 Å². The normalized spacial score (nSPS) is 15.3. The van der Waals surface area contributed by atoms with E-state index in [1.807, 2.05) is 24.3 Å². The van der Waals surface area contributed by atoms with Crippen LogP contribution in [0.25, 0.3) is 10.6 Å². The first-order valence-corrected chi connectivity index (χ1v) is 12.8. The molecule has 2 heterocycles. The van der Waals surface area contributed by atoms with Crippen molar-refractivity contribution in [2.24, 2.45) is 5.92 Å². The molecule has 11 heteroatoms. The maximum atomic E-state index is 13.9. The minimum atomic E-state index is -3.67. The summed E-state index contributed by atoms with van der Waals surface area (Å²) >= 11 is 1.26. The van der Waals surface area contributed by atoms with Gasteiger partial charge in [-0.15, -0.1) is 10.2 Å². The molecule has 1 aliphatic heterocycles. The van der Waals surface area contributed by atoms with Crippen LogP contribution in [-0.2, 0) is 20.6 Å². The monoisotopic (exact) mass is 490 g/mol. The van der Waals surface area contributed by atoms with Gasteiger partial charge in [-0.25, -0.2) is 17.1 Å². The highest BCUT2D eigenvalue weighted by Crippen LogP contribution is 2.29. The van der Waals surface area contributed by atoms with E-state index < -0.39 is 21.6 Å². The Labute approximate surface area is 195 Å². The van der Waals surface area contributed by atoms with Crippen LogP contribution in [-0.4, -0.2) is 49.0 Å². The summed E-state index contributed by atoms with van der Waals surface area (Å²) < 4.78 is 45.7. The van der Waals surface area contributed by atoms with E-state index in [9.17, 15) is 17.6 Å².